The van der Waals surface area contributed by atoms with Crippen LogP contribution in [0.25, 0.3) is 44.8 Å². The van der Waals surface area contributed by atoms with Gasteiger partial charge in [-0.05, 0) is 98.7 Å². The minimum absolute atomic E-state index is 0.330. The highest BCUT2D eigenvalue weighted by Crippen LogP contribution is 2.57. The fourth-order valence-corrected chi connectivity index (χ4v) is 7.87. The lowest BCUT2D eigenvalue weighted by Crippen LogP contribution is -2.14. The van der Waals surface area contributed by atoms with Gasteiger partial charge in [-0.2, -0.15) is 0 Å². The number of H-pyrrole nitrogens is 2. The van der Waals surface area contributed by atoms with Crippen molar-refractivity contribution in [1.29, 1.82) is 0 Å². The highest BCUT2D eigenvalue weighted by molar-refractivity contribution is 5.83. The van der Waals surface area contributed by atoms with Crippen LogP contribution in [0.5, 0.6) is 0 Å². The third-order valence-corrected chi connectivity index (χ3v) is 9.92. The molecular weight excluding hydrogens is 508 g/mol. The monoisotopic (exact) mass is 542 g/mol. The van der Waals surface area contributed by atoms with Crippen molar-refractivity contribution in [2.75, 3.05) is 13.1 Å². The van der Waals surface area contributed by atoms with E-state index in [1.54, 1.807) is 0 Å². The van der Waals surface area contributed by atoms with Gasteiger partial charge in [0.15, 0.2) is 0 Å². The fraction of sp³-hybridized carbons (Fsp3) is 0.394. The van der Waals surface area contributed by atoms with E-state index in [0.29, 0.717) is 23.9 Å². The third-order valence-electron chi connectivity index (χ3n) is 9.92. The van der Waals surface area contributed by atoms with Crippen LogP contribution in [0.1, 0.15) is 91.6 Å². The Morgan fingerprint density at radius 3 is 2.02 bits per heavy atom. The van der Waals surface area contributed by atoms with Gasteiger partial charge in [0.05, 0.1) is 46.4 Å². The van der Waals surface area contributed by atoms with E-state index in [1.165, 1.54) is 43.2 Å². The smallest absolute Gasteiger partial charge is 0.124 e. The van der Waals surface area contributed by atoms with E-state index in [4.69, 9.17) is 15.2 Å². The Hall–Kier alpha value is -3.88. The molecule has 3 fully saturated rings. The lowest BCUT2D eigenvalue weighted by molar-refractivity contribution is 0.613. The number of rotatable bonds is 5. The molecule has 4 atom stereocenters. The van der Waals surface area contributed by atoms with E-state index in [-0.39, 0.29) is 0 Å². The minimum atomic E-state index is 0.330. The maximum atomic E-state index is 4.92. The highest BCUT2D eigenvalue weighted by Gasteiger charge is 2.41. The van der Waals surface area contributed by atoms with Crippen LogP contribution >= 0.6 is 0 Å². The molecule has 3 unspecified atom stereocenters. The number of nitrogens with one attached hydrogen (secondary N) is 4. The summed E-state index contributed by atoms with van der Waals surface area (Å²) in [6.07, 6.45) is 10.4. The van der Waals surface area contributed by atoms with Crippen LogP contribution in [-0.4, -0.2) is 43.2 Å². The van der Waals surface area contributed by atoms with Crippen LogP contribution in [0.15, 0.2) is 48.7 Å². The van der Waals surface area contributed by atoms with Crippen molar-refractivity contribution < 1.29 is 0 Å². The van der Waals surface area contributed by atoms with Crippen LogP contribution in [0, 0.1) is 0 Å². The normalized spacial score (nSPS) is 25.0. The van der Waals surface area contributed by atoms with E-state index in [2.05, 4.69) is 68.1 Å². The van der Waals surface area contributed by atoms with Crippen LogP contribution in [0.2, 0.25) is 0 Å². The van der Waals surface area contributed by atoms with E-state index in [0.717, 1.165) is 82.4 Å². The van der Waals surface area contributed by atoms with Gasteiger partial charge in [-0.3, -0.25) is 0 Å². The summed E-state index contributed by atoms with van der Waals surface area (Å²) in [4.78, 5) is 16.7. The molecule has 9 rings (SSSR count). The lowest BCUT2D eigenvalue weighted by Gasteiger charge is -2.21. The molecule has 2 bridgehead atoms. The molecule has 2 aliphatic heterocycles. The van der Waals surface area contributed by atoms with Gasteiger partial charge in [0, 0.05) is 11.1 Å². The van der Waals surface area contributed by atoms with Crippen molar-refractivity contribution in [2.45, 2.75) is 68.9 Å². The van der Waals surface area contributed by atoms with Gasteiger partial charge in [-0.1, -0.05) is 30.3 Å². The Balaban J connectivity index is 1.06. The summed E-state index contributed by atoms with van der Waals surface area (Å²) in [5.74, 6) is 3.23. The number of aromatic nitrogens is 6. The number of fused-ring (bicyclic) bond motifs is 6. The zero-order valence-electron chi connectivity index (χ0n) is 23.1. The second kappa shape index (κ2) is 9.33. The van der Waals surface area contributed by atoms with Crippen molar-refractivity contribution in [1.82, 2.24) is 40.8 Å². The van der Waals surface area contributed by atoms with Gasteiger partial charge in [0.25, 0.3) is 0 Å². The number of nitrogens with zero attached hydrogens (tertiary/aromatic N) is 4. The minimum Gasteiger partial charge on any atom is -0.341 e. The molecule has 2 saturated heterocycles. The van der Waals surface area contributed by atoms with Crippen LogP contribution in [0.3, 0.4) is 0 Å². The van der Waals surface area contributed by atoms with E-state index in [1.807, 2.05) is 6.20 Å². The topological polar surface area (TPSA) is 107 Å². The molecule has 1 saturated carbocycles. The Bertz CT molecular complexity index is 1750. The van der Waals surface area contributed by atoms with Gasteiger partial charge in [0.2, 0.25) is 0 Å². The second-order valence-corrected chi connectivity index (χ2v) is 12.3. The summed E-state index contributed by atoms with van der Waals surface area (Å²) in [7, 11) is 0. The molecule has 0 radical (unpaired) electrons. The Labute approximate surface area is 238 Å². The van der Waals surface area contributed by atoms with Crippen molar-refractivity contribution >= 4 is 11.0 Å². The summed E-state index contributed by atoms with van der Waals surface area (Å²) in [5, 5.41) is 16.9. The summed E-state index contributed by atoms with van der Waals surface area (Å²) in [5.41, 5.74) is 11.5. The summed E-state index contributed by atoms with van der Waals surface area (Å²) < 4.78 is 0. The first-order valence-electron chi connectivity index (χ1n) is 15.3. The first-order chi connectivity index (χ1) is 20.3. The molecule has 0 amide bonds. The van der Waals surface area contributed by atoms with Gasteiger partial charge in [-0.15, -0.1) is 10.2 Å². The average molecular weight is 543 g/mol. The number of imidazole rings is 2. The van der Waals surface area contributed by atoms with Crippen molar-refractivity contribution in [2.24, 2.45) is 0 Å². The van der Waals surface area contributed by atoms with Gasteiger partial charge in [0.1, 0.15) is 11.6 Å². The fourth-order valence-electron chi connectivity index (χ4n) is 7.87. The SMILES string of the molecule is c1cc(-c2nnc(-c3ccc4nc([C@@H]5CCCN5)[nH]c4c3)c3c2C2CCC3C2)ccc1-c1cnc(C2CCCN2)[nH]1. The average Bonchev–Trinajstić information content (AvgIpc) is 3.86. The molecule has 2 aliphatic carbocycles. The quantitative estimate of drug-likeness (QED) is 0.208. The van der Waals surface area contributed by atoms with Crippen LogP contribution in [-0.2, 0) is 0 Å². The molecule has 3 aromatic heterocycles. The lowest BCUT2D eigenvalue weighted by atomic mass is 9.86. The third kappa shape index (κ3) is 3.88. The molecule has 206 valence electrons. The highest BCUT2D eigenvalue weighted by atomic mass is 15.1. The summed E-state index contributed by atoms with van der Waals surface area (Å²) in [6.45, 7) is 2.13. The first-order valence-corrected chi connectivity index (χ1v) is 15.3. The molecule has 5 aromatic rings. The molecular formula is C33H34N8. The molecule has 4 aliphatic rings. The first kappa shape index (κ1) is 23.8. The molecule has 0 spiro atoms. The zero-order chi connectivity index (χ0) is 26.9. The number of aromatic amines is 2. The van der Waals surface area contributed by atoms with Crippen LogP contribution < -0.4 is 10.6 Å². The number of hydrogen-bond acceptors (Lipinski definition) is 6. The van der Waals surface area contributed by atoms with Gasteiger partial charge >= 0.3 is 0 Å². The molecule has 8 nitrogen and oxygen atoms in total. The summed E-state index contributed by atoms with van der Waals surface area (Å²) in [6, 6.07) is 16.0. The van der Waals surface area contributed by atoms with Crippen molar-refractivity contribution in [3.8, 4) is 33.8 Å². The van der Waals surface area contributed by atoms with E-state index < -0.39 is 0 Å². The van der Waals surface area contributed by atoms with E-state index in [9.17, 15) is 0 Å². The standard InChI is InChI=1S/C33H34N8/c1-3-24(34-13-1)32-36-17-27(39-32)18-5-7-19(8-6-18)30-28-20-9-10-21(15-20)29(28)31(41-40-30)22-11-12-23-26(16-22)38-33(37-23)25-4-2-14-35-25/h5-8,11-12,16-17,20-21,24-25,34-35H,1-4,9-10,13-15H2,(H,36,39)(H,37,38)/t20?,21?,24?,25-/m0/s1. The largest absolute Gasteiger partial charge is 0.341 e. The maximum absolute atomic E-state index is 4.92. The van der Waals surface area contributed by atoms with E-state index >= 15 is 0 Å². The molecule has 4 N–H and O–H groups in total. The summed E-state index contributed by atoms with van der Waals surface area (Å²) >= 11 is 0. The predicted molar refractivity (Wildman–Crippen MR) is 159 cm³/mol. The molecule has 8 heteroatoms. The Kier molecular flexibility index (Phi) is 5.41. The number of hydrogen-bond donors (Lipinski definition) is 4. The molecule has 41 heavy (non-hydrogen) atoms. The second-order valence-electron chi connectivity index (χ2n) is 12.3. The number of benzene rings is 2. The predicted octanol–water partition coefficient (Wildman–Crippen LogP) is 6.29. The zero-order valence-corrected chi connectivity index (χ0v) is 23.1. The molecule has 2 aromatic carbocycles. The van der Waals surface area contributed by atoms with Gasteiger partial charge in [-0.25, -0.2) is 9.97 Å². The van der Waals surface area contributed by atoms with Crippen molar-refractivity contribution in [3.05, 3.63) is 71.4 Å². The van der Waals surface area contributed by atoms with Crippen LogP contribution in [0.4, 0.5) is 0 Å². The Morgan fingerprint density at radius 2 is 1.32 bits per heavy atom. The van der Waals surface area contributed by atoms with Crippen molar-refractivity contribution in [3.63, 3.8) is 0 Å². The maximum Gasteiger partial charge on any atom is 0.124 e. The molecule has 5 heterocycles. The Morgan fingerprint density at radius 1 is 0.659 bits per heavy atom. The van der Waals surface area contributed by atoms with Gasteiger partial charge < -0.3 is 20.6 Å².